The lowest BCUT2D eigenvalue weighted by Crippen LogP contribution is -2.28. The molecule has 0 amide bonds. The van der Waals surface area contributed by atoms with Crippen LogP contribution in [0.3, 0.4) is 0 Å². The van der Waals surface area contributed by atoms with Gasteiger partial charge in [0.05, 0.1) is 6.26 Å². The molecule has 1 aromatic rings. The zero-order chi connectivity index (χ0) is 15.4. The Bertz CT molecular complexity index is 561. The van der Waals surface area contributed by atoms with Crippen LogP contribution < -0.4 is 15.4 Å². The normalized spacial score (nSPS) is 12.2. The second-order valence-electron chi connectivity index (χ2n) is 3.80. The maximum absolute atomic E-state index is 12.6. The number of aromatic nitrogens is 2. The van der Waals surface area contributed by atoms with Crippen LogP contribution in [0.1, 0.15) is 5.69 Å². The van der Waals surface area contributed by atoms with E-state index in [0.29, 0.717) is 0 Å². The summed E-state index contributed by atoms with van der Waals surface area (Å²) >= 11 is 0. The molecule has 0 atom stereocenters. The minimum Gasteiger partial charge on any atom is -0.369 e. The molecule has 114 valence electrons. The molecule has 1 rings (SSSR count). The van der Waals surface area contributed by atoms with E-state index in [1.54, 1.807) is 0 Å². The van der Waals surface area contributed by atoms with E-state index in [4.69, 9.17) is 0 Å². The predicted octanol–water partition coefficient (Wildman–Crippen LogP) is 0.498. The standard InChI is InChI=1S/C9H14F3N5O2S/c1-13-8-16-6(9(10,11)12)5-7(17-8)14-3-4-15-20(2,18)19/h5,15H,3-4H2,1-2H3,(H2,13,14,16,17). The number of anilines is 2. The summed E-state index contributed by atoms with van der Waals surface area (Å²) in [5.41, 5.74) is -1.09. The summed E-state index contributed by atoms with van der Waals surface area (Å²) in [6.07, 6.45) is -3.60. The maximum atomic E-state index is 12.6. The zero-order valence-corrected chi connectivity index (χ0v) is 11.6. The van der Waals surface area contributed by atoms with Crippen LogP contribution in [-0.4, -0.2) is 44.8 Å². The summed E-state index contributed by atoms with van der Waals surface area (Å²) < 4.78 is 61.6. The maximum Gasteiger partial charge on any atom is 0.433 e. The Kier molecular flexibility index (Phi) is 5.11. The Morgan fingerprint density at radius 2 is 1.90 bits per heavy atom. The van der Waals surface area contributed by atoms with Gasteiger partial charge in [0.25, 0.3) is 0 Å². The molecule has 20 heavy (non-hydrogen) atoms. The van der Waals surface area contributed by atoms with Gasteiger partial charge < -0.3 is 10.6 Å². The molecule has 0 spiro atoms. The van der Waals surface area contributed by atoms with Gasteiger partial charge in [-0.25, -0.2) is 18.1 Å². The average molecular weight is 313 g/mol. The van der Waals surface area contributed by atoms with E-state index in [2.05, 4.69) is 25.3 Å². The predicted molar refractivity (Wildman–Crippen MR) is 67.9 cm³/mol. The largest absolute Gasteiger partial charge is 0.433 e. The number of hydrogen-bond acceptors (Lipinski definition) is 6. The number of nitrogens with one attached hydrogen (secondary N) is 3. The van der Waals surface area contributed by atoms with Gasteiger partial charge in [0.1, 0.15) is 5.82 Å². The third-order valence-corrected chi connectivity index (χ3v) is 2.76. The highest BCUT2D eigenvalue weighted by molar-refractivity contribution is 7.88. The van der Waals surface area contributed by atoms with Crippen molar-refractivity contribution in [3.63, 3.8) is 0 Å². The highest BCUT2D eigenvalue weighted by Crippen LogP contribution is 2.29. The fraction of sp³-hybridized carbons (Fsp3) is 0.556. The fourth-order valence-corrected chi connectivity index (χ4v) is 1.69. The Balaban J connectivity index is 2.75. The van der Waals surface area contributed by atoms with E-state index in [1.165, 1.54) is 7.05 Å². The van der Waals surface area contributed by atoms with Gasteiger partial charge >= 0.3 is 6.18 Å². The molecule has 7 nitrogen and oxygen atoms in total. The van der Waals surface area contributed by atoms with E-state index in [1.807, 2.05) is 0 Å². The van der Waals surface area contributed by atoms with Crippen molar-refractivity contribution >= 4 is 21.8 Å². The first kappa shape index (κ1) is 16.4. The number of nitrogens with zero attached hydrogens (tertiary/aromatic N) is 2. The second kappa shape index (κ2) is 6.22. The van der Waals surface area contributed by atoms with E-state index in [0.717, 1.165) is 12.3 Å². The van der Waals surface area contributed by atoms with Gasteiger partial charge in [-0.15, -0.1) is 0 Å². The topological polar surface area (TPSA) is 96.0 Å². The van der Waals surface area contributed by atoms with E-state index < -0.39 is 21.9 Å². The summed E-state index contributed by atoms with van der Waals surface area (Å²) in [5.74, 6) is -0.231. The van der Waals surface area contributed by atoms with Gasteiger partial charge in [-0.1, -0.05) is 0 Å². The minimum atomic E-state index is -4.59. The van der Waals surface area contributed by atoms with Gasteiger partial charge in [0.2, 0.25) is 16.0 Å². The molecule has 0 aliphatic rings. The highest BCUT2D eigenvalue weighted by Gasteiger charge is 2.33. The van der Waals surface area contributed by atoms with Crippen LogP contribution in [0.25, 0.3) is 0 Å². The van der Waals surface area contributed by atoms with Crippen LogP contribution in [0.4, 0.5) is 24.9 Å². The smallest absolute Gasteiger partial charge is 0.369 e. The van der Waals surface area contributed by atoms with E-state index in [9.17, 15) is 21.6 Å². The summed E-state index contributed by atoms with van der Waals surface area (Å²) in [4.78, 5) is 7.08. The third-order valence-electron chi connectivity index (χ3n) is 2.04. The lowest BCUT2D eigenvalue weighted by atomic mass is 10.3. The lowest BCUT2D eigenvalue weighted by Gasteiger charge is -2.11. The molecule has 0 aliphatic heterocycles. The minimum absolute atomic E-state index is 0.0269. The van der Waals surface area contributed by atoms with Crippen molar-refractivity contribution in [1.82, 2.24) is 14.7 Å². The van der Waals surface area contributed by atoms with Crippen molar-refractivity contribution in [1.29, 1.82) is 0 Å². The molecule has 0 saturated carbocycles. The molecule has 1 heterocycles. The summed E-state index contributed by atoms with van der Waals surface area (Å²) in [5, 5.41) is 5.01. The molecule has 0 aliphatic carbocycles. The molecule has 0 unspecified atom stereocenters. The van der Waals surface area contributed by atoms with E-state index in [-0.39, 0.29) is 24.9 Å². The van der Waals surface area contributed by atoms with E-state index >= 15 is 0 Å². The Labute approximate surface area is 114 Å². The van der Waals surface area contributed by atoms with Gasteiger partial charge in [-0.05, 0) is 0 Å². The summed E-state index contributed by atoms with van der Waals surface area (Å²) in [7, 11) is -1.94. The number of hydrogen-bond donors (Lipinski definition) is 3. The third kappa shape index (κ3) is 5.57. The van der Waals surface area contributed by atoms with Crippen molar-refractivity contribution < 1.29 is 21.6 Å². The molecule has 0 radical (unpaired) electrons. The number of halogens is 3. The molecule has 11 heteroatoms. The highest BCUT2D eigenvalue weighted by atomic mass is 32.2. The summed E-state index contributed by atoms with van der Waals surface area (Å²) in [6.45, 7) is 0.115. The molecule has 0 saturated heterocycles. The van der Waals surface area contributed by atoms with Crippen molar-refractivity contribution in [2.24, 2.45) is 0 Å². The zero-order valence-electron chi connectivity index (χ0n) is 10.7. The SMILES string of the molecule is CNc1nc(NCCNS(C)(=O)=O)cc(C(F)(F)F)n1. The van der Waals surface area contributed by atoms with Crippen molar-refractivity contribution in [2.45, 2.75) is 6.18 Å². The number of alkyl halides is 3. The first-order chi connectivity index (χ1) is 9.12. The molecule has 3 N–H and O–H groups in total. The van der Waals surface area contributed by atoms with Crippen LogP contribution in [0.5, 0.6) is 0 Å². The van der Waals surface area contributed by atoms with Gasteiger partial charge in [-0.2, -0.15) is 18.2 Å². The number of sulfonamides is 1. The first-order valence-corrected chi connectivity index (χ1v) is 7.33. The summed E-state index contributed by atoms with van der Waals surface area (Å²) in [6, 6.07) is 0.751. The molecule has 0 fully saturated rings. The molecular weight excluding hydrogens is 299 g/mol. The second-order valence-corrected chi connectivity index (χ2v) is 5.64. The Morgan fingerprint density at radius 1 is 1.25 bits per heavy atom. The van der Waals surface area contributed by atoms with Gasteiger partial charge in [-0.3, -0.25) is 0 Å². The fourth-order valence-electron chi connectivity index (χ4n) is 1.22. The molecule has 1 aromatic heterocycles. The van der Waals surface area contributed by atoms with Crippen molar-refractivity contribution in [3.05, 3.63) is 11.8 Å². The average Bonchev–Trinajstić information content (AvgIpc) is 2.32. The Morgan fingerprint density at radius 3 is 2.40 bits per heavy atom. The van der Waals surface area contributed by atoms with Gasteiger partial charge in [0, 0.05) is 26.2 Å². The van der Waals surface area contributed by atoms with Crippen LogP contribution in [0.2, 0.25) is 0 Å². The molecule has 0 aromatic carbocycles. The van der Waals surface area contributed by atoms with Crippen LogP contribution >= 0.6 is 0 Å². The van der Waals surface area contributed by atoms with Crippen LogP contribution in [0, 0.1) is 0 Å². The lowest BCUT2D eigenvalue weighted by molar-refractivity contribution is -0.141. The van der Waals surface area contributed by atoms with Crippen molar-refractivity contribution in [2.75, 3.05) is 37.0 Å². The quantitative estimate of drug-likeness (QED) is 0.662. The van der Waals surface area contributed by atoms with Crippen LogP contribution in [-0.2, 0) is 16.2 Å². The van der Waals surface area contributed by atoms with Gasteiger partial charge in [0.15, 0.2) is 5.69 Å². The first-order valence-electron chi connectivity index (χ1n) is 5.44. The number of rotatable bonds is 6. The van der Waals surface area contributed by atoms with Crippen molar-refractivity contribution in [3.8, 4) is 0 Å². The Hall–Kier alpha value is -1.62. The monoisotopic (exact) mass is 313 g/mol. The molecular formula is C9H14F3N5O2S. The molecule has 0 bridgehead atoms. The van der Waals surface area contributed by atoms with Crippen LogP contribution in [0.15, 0.2) is 6.07 Å².